The van der Waals surface area contributed by atoms with E-state index in [9.17, 15) is 15.0 Å². The molecule has 1 rings (SSSR count). The number of hydrogen-bond acceptors (Lipinski definition) is 5. The van der Waals surface area contributed by atoms with Crippen molar-refractivity contribution >= 4 is 17.1 Å². The summed E-state index contributed by atoms with van der Waals surface area (Å²) < 4.78 is 5.14. The summed E-state index contributed by atoms with van der Waals surface area (Å²) in [5.74, 6) is 0.154. The van der Waals surface area contributed by atoms with Gasteiger partial charge in [0.25, 0.3) is 0 Å². The summed E-state index contributed by atoms with van der Waals surface area (Å²) in [6.45, 7) is 7.77. The average molecular weight is 288 g/mol. The van der Waals surface area contributed by atoms with Crippen LogP contribution in [0.4, 0.5) is 4.79 Å². The van der Waals surface area contributed by atoms with E-state index in [1.54, 1.807) is 6.08 Å². The monoisotopic (exact) mass is 288 g/mol. The maximum absolute atomic E-state index is 11.8. The second kappa shape index (κ2) is 6.77. The number of thioether (sulfide) groups is 1. The number of hydrogen-bond donors (Lipinski definition) is 2. The molecule has 4 atom stereocenters. The van der Waals surface area contributed by atoms with E-state index in [-0.39, 0.29) is 22.4 Å². The Kier molecular flexibility index (Phi) is 5.89. The van der Waals surface area contributed by atoms with E-state index in [1.807, 2.05) is 33.8 Å². The predicted octanol–water partition coefficient (Wildman–Crippen LogP) is 2.73. The molecule has 0 heterocycles. The van der Waals surface area contributed by atoms with Gasteiger partial charge in [0, 0.05) is 11.2 Å². The van der Waals surface area contributed by atoms with E-state index in [0.29, 0.717) is 6.42 Å². The van der Waals surface area contributed by atoms with Gasteiger partial charge in [0.2, 0.25) is 0 Å². The molecule has 0 bridgehead atoms. The van der Waals surface area contributed by atoms with Gasteiger partial charge in [-0.25, -0.2) is 4.79 Å². The van der Waals surface area contributed by atoms with Gasteiger partial charge >= 0.3 is 5.30 Å². The Labute approximate surface area is 119 Å². The predicted molar refractivity (Wildman–Crippen MR) is 77.2 cm³/mol. The molecule has 0 aliphatic heterocycles. The van der Waals surface area contributed by atoms with E-state index < -0.39 is 18.3 Å². The zero-order valence-corrected chi connectivity index (χ0v) is 12.8. The summed E-state index contributed by atoms with van der Waals surface area (Å²) >= 11 is 1.13. The molecular formula is C14H24O4S. The molecule has 0 aromatic carbocycles. The van der Waals surface area contributed by atoms with Crippen LogP contribution in [0.25, 0.3) is 0 Å². The van der Waals surface area contributed by atoms with Gasteiger partial charge in [-0.15, -0.1) is 0 Å². The van der Waals surface area contributed by atoms with Gasteiger partial charge in [-0.3, -0.25) is 0 Å². The molecule has 0 saturated heterocycles. The number of ether oxygens (including phenoxy) is 1. The lowest BCUT2D eigenvalue weighted by atomic mass is 9.93. The molecular weight excluding hydrogens is 264 g/mol. The highest BCUT2D eigenvalue weighted by Gasteiger charge is 2.27. The van der Waals surface area contributed by atoms with E-state index in [2.05, 4.69) is 0 Å². The highest BCUT2D eigenvalue weighted by molar-refractivity contribution is 8.14. The third kappa shape index (κ3) is 6.45. The number of carbonyl (C=O) groups is 1. The minimum atomic E-state index is -0.857. The smallest absolute Gasteiger partial charge is 0.368 e. The zero-order chi connectivity index (χ0) is 14.6. The van der Waals surface area contributed by atoms with Crippen LogP contribution in [0.2, 0.25) is 0 Å². The van der Waals surface area contributed by atoms with Crippen molar-refractivity contribution < 1.29 is 19.7 Å². The van der Waals surface area contributed by atoms with Crippen molar-refractivity contribution in [2.45, 2.75) is 63.6 Å². The van der Waals surface area contributed by atoms with Gasteiger partial charge in [-0.1, -0.05) is 33.8 Å². The maximum atomic E-state index is 11.8. The van der Waals surface area contributed by atoms with Crippen molar-refractivity contribution in [3.63, 3.8) is 0 Å². The number of aliphatic hydroxyl groups excluding tert-OH is 2. The first kappa shape index (κ1) is 16.5. The molecule has 0 amide bonds. The Morgan fingerprint density at radius 1 is 1.21 bits per heavy atom. The molecule has 5 heteroatoms. The van der Waals surface area contributed by atoms with Crippen LogP contribution in [-0.2, 0) is 4.74 Å². The molecule has 1 aliphatic rings. The summed E-state index contributed by atoms with van der Waals surface area (Å²) in [7, 11) is 0. The summed E-state index contributed by atoms with van der Waals surface area (Å²) in [6.07, 6.45) is 2.39. The molecule has 0 spiro atoms. The fraction of sp³-hybridized carbons (Fsp3) is 0.786. The van der Waals surface area contributed by atoms with Gasteiger partial charge in [-0.2, -0.15) is 0 Å². The Morgan fingerprint density at radius 3 is 2.37 bits per heavy atom. The van der Waals surface area contributed by atoms with Gasteiger partial charge < -0.3 is 14.9 Å². The lowest BCUT2D eigenvalue weighted by Crippen LogP contribution is -2.33. The first-order chi connectivity index (χ1) is 8.67. The average Bonchev–Trinajstić information content (AvgIpc) is 2.21. The first-order valence-corrected chi connectivity index (χ1v) is 7.43. The standard InChI is InChI=1S/C14H24O4S/c1-9-5-6-10(8-12(16)11(15)7-9)18-13(17)19-14(2,3)4/h5-6,9-12,15-16H,7-8H2,1-4H3/b6-5+. The van der Waals surface area contributed by atoms with Gasteiger partial charge in [0.05, 0.1) is 12.2 Å². The van der Waals surface area contributed by atoms with Crippen molar-refractivity contribution in [1.29, 1.82) is 0 Å². The van der Waals surface area contributed by atoms with Crippen LogP contribution < -0.4 is 0 Å². The van der Waals surface area contributed by atoms with Crippen molar-refractivity contribution in [2.75, 3.05) is 0 Å². The summed E-state index contributed by atoms with van der Waals surface area (Å²) in [6, 6.07) is 0. The molecule has 0 radical (unpaired) electrons. The summed E-state index contributed by atoms with van der Waals surface area (Å²) in [5.41, 5.74) is 0. The second-order valence-corrected chi connectivity index (χ2v) is 7.85. The largest absolute Gasteiger partial charge is 0.450 e. The molecule has 0 aromatic heterocycles. The highest BCUT2D eigenvalue weighted by Crippen LogP contribution is 2.27. The lowest BCUT2D eigenvalue weighted by Gasteiger charge is -2.26. The third-order valence-corrected chi connectivity index (χ3v) is 3.70. The minimum Gasteiger partial charge on any atom is -0.450 e. The molecule has 4 nitrogen and oxygen atoms in total. The fourth-order valence-corrected chi connectivity index (χ4v) is 2.56. The molecule has 4 unspecified atom stereocenters. The van der Waals surface area contributed by atoms with Crippen LogP contribution in [0.15, 0.2) is 12.2 Å². The number of aliphatic hydroxyl groups is 2. The molecule has 2 N–H and O–H groups in total. The van der Waals surface area contributed by atoms with Gasteiger partial charge in [0.1, 0.15) is 6.10 Å². The molecule has 1 aliphatic carbocycles. The summed E-state index contributed by atoms with van der Waals surface area (Å²) in [5, 5.41) is 19.2. The van der Waals surface area contributed by atoms with Crippen molar-refractivity contribution in [2.24, 2.45) is 5.92 Å². The molecule has 0 fully saturated rings. The Balaban J connectivity index is 2.63. The van der Waals surface area contributed by atoms with Crippen LogP contribution >= 0.6 is 11.8 Å². The zero-order valence-electron chi connectivity index (χ0n) is 12.0. The lowest BCUT2D eigenvalue weighted by molar-refractivity contribution is -0.0155. The SMILES string of the molecule is CC1/C=C/C(OC(=O)SC(C)(C)C)CC(O)C(O)C1. The van der Waals surface area contributed by atoms with Crippen LogP contribution in [0.5, 0.6) is 0 Å². The van der Waals surface area contributed by atoms with Gasteiger partial charge in [-0.05, 0) is 30.2 Å². The van der Waals surface area contributed by atoms with Crippen molar-refractivity contribution in [3.8, 4) is 0 Å². The first-order valence-electron chi connectivity index (χ1n) is 6.61. The van der Waals surface area contributed by atoms with E-state index >= 15 is 0 Å². The van der Waals surface area contributed by atoms with E-state index in [0.717, 1.165) is 11.8 Å². The van der Waals surface area contributed by atoms with Gasteiger partial charge in [0.15, 0.2) is 0 Å². The topological polar surface area (TPSA) is 66.8 Å². The molecule has 0 aromatic rings. The van der Waals surface area contributed by atoms with Crippen molar-refractivity contribution in [3.05, 3.63) is 12.2 Å². The molecule has 0 saturated carbocycles. The third-order valence-electron chi connectivity index (χ3n) is 2.82. The summed E-state index contributed by atoms with van der Waals surface area (Å²) in [4.78, 5) is 11.8. The van der Waals surface area contributed by atoms with E-state index in [1.165, 1.54) is 0 Å². The molecule has 110 valence electrons. The number of carbonyl (C=O) groups excluding carboxylic acids is 1. The maximum Gasteiger partial charge on any atom is 0.368 e. The van der Waals surface area contributed by atoms with Crippen molar-refractivity contribution in [1.82, 2.24) is 0 Å². The van der Waals surface area contributed by atoms with Crippen LogP contribution in [0.3, 0.4) is 0 Å². The second-order valence-electron chi connectivity index (χ2n) is 6.09. The minimum absolute atomic E-state index is 0.154. The Hall–Kier alpha value is -0.520. The quantitative estimate of drug-likeness (QED) is 0.573. The van der Waals surface area contributed by atoms with Crippen LogP contribution in [-0.4, -0.2) is 38.6 Å². The Bertz CT molecular complexity index is 335. The van der Waals surface area contributed by atoms with E-state index in [4.69, 9.17) is 4.74 Å². The highest BCUT2D eigenvalue weighted by atomic mass is 32.2. The molecule has 19 heavy (non-hydrogen) atoms. The number of allylic oxidation sites excluding steroid dienone is 1. The Morgan fingerprint density at radius 2 is 1.79 bits per heavy atom. The van der Waals surface area contributed by atoms with Crippen LogP contribution in [0.1, 0.15) is 40.5 Å². The fourth-order valence-electron chi connectivity index (χ4n) is 1.89. The van der Waals surface area contributed by atoms with Crippen LogP contribution in [0, 0.1) is 5.92 Å². The number of rotatable bonds is 1. The normalized spacial score (nSPS) is 34.2.